The fraction of sp³-hybridized carbons (Fsp3) is 0.684. The van der Waals surface area contributed by atoms with E-state index >= 15 is 0 Å². The highest BCUT2D eigenvalue weighted by molar-refractivity contribution is 8.00. The SMILES string of the molecule is CN=C(NCc1ccc(N2CCCCCC2)nc1)NCC1CCCS1. The summed E-state index contributed by atoms with van der Waals surface area (Å²) in [7, 11) is 1.83. The van der Waals surface area contributed by atoms with Crippen LogP contribution in [0.1, 0.15) is 44.1 Å². The van der Waals surface area contributed by atoms with Crippen molar-refractivity contribution in [3.05, 3.63) is 23.9 Å². The molecule has 5 nitrogen and oxygen atoms in total. The van der Waals surface area contributed by atoms with Gasteiger partial charge < -0.3 is 15.5 Å². The zero-order valence-corrected chi connectivity index (χ0v) is 16.2. The molecule has 2 saturated heterocycles. The lowest BCUT2D eigenvalue weighted by molar-refractivity contribution is 0.725. The summed E-state index contributed by atoms with van der Waals surface area (Å²) in [5, 5.41) is 7.57. The standard InChI is InChI=1S/C19H31N5S/c1-20-19(23-15-17-7-6-12-25-17)22-14-16-8-9-18(21-13-16)24-10-4-2-3-5-11-24/h8-9,13,17H,2-7,10-12,14-15H2,1H3,(H2,20,22,23). The van der Waals surface area contributed by atoms with Crippen LogP contribution in [-0.2, 0) is 6.54 Å². The van der Waals surface area contributed by atoms with E-state index in [0.717, 1.165) is 43.2 Å². The first kappa shape index (κ1) is 18.4. The number of pyridine rings is 1. The van der Waals surface area contributed by atoms with E-state index in [1.165, 1.54) is 49.8 Å². The van der Waals surface area contributed by atoms with Crippen LogP contribution in [0, 0.1) is 0 Å². The molecule has 3 rings (SSSR count). The minimum atomic E-state index is 0.730. The normalized spacial score (nSPS) is 21.9. The molecule has 138 valence electrons. The summed E-state index contributed by atoms with van der Waals surface area (Å²) >= 11 is 2.07. The summed E-state index contributed by atoms with van der Waals surface area (Å²) in [4.78, 5) is 11.4. The number of thioether (sulfide) groups is 1. The quantitative estimate of drug-likeness (QED) is 0.624. The number of guanidine groups is 1. The summed E-state index contributed by atoms with van der Waals surface area (Å²) in [6.07, 6.45) is 9.93. The molecule has 2 aliphatic rings. The molecule has 2 N–H and O–H groups in total. The first-order valence-electron chi connectivity index (χ1n) is 9.61. The van der Waals surface area contributed by atoms with Gasteiger partial charge in [-0.15, -0.1) is 0 Å². The van der Waals surface area contributed by atoms with Crippen molar-refractivity contribution in [2.45, 2.75) is 50.3 Å². The Hall–Kier alpha value is -1.43. The van der Waals surface area contributed by atoms with Crippen LogP contribution < -0.4 is 15.5 Å². The highest BCUT2D eigenvalue weighted by Gasteiger charge is 2.15. The lowest BCUT2D eigenvalue weighted by atomic mass is 10.2. The van der Waals surface area contributed by atoms with Crippen molar-refractivity contribution in [1.29, 1.82) is 0 Å². The van der Waals surface area contributed by atoms with Crippen LogP contribution in [0.15, 0.2) is 23.3 Å². The van der Waals surface area contributed by atoms with E-state index in [1.54, 1.807) is 0 Å². The Bertz CT molecular complexity index is 531. The summed E-state index contributed by atoms with van der Waals surface area (Å²) in [6.45, 7) is 4.03. The van der Waals surface area contributed by atoms with Gasteiger partial charge >= 0.3 is 0 Å². The molecule has 1 aromatic rings. The molecule has 2 aliphatic heterocycles. The van der Waals surface area contributed by atoms with Crippen LogP contribution in [0.2, 0.25) is 0 Å². The summed E-state index contributed by atoms with van der Waals surface area (Å²) < 4.78 is 0. The van der Waals surface area contributed by atoms with Gasteiger partial charge in [0, 0.05) is 44.7 Å². The second-order valence-corrected chi connectivity index (χ2v) is 8.28. The average molecular weight is 362 g/mol. The molecule has 0 saturated carbocycles. The van der Waals surface area contributed by atoms with Crippen LogP contribution in [0.3, 0.4) is 0 Å². The van der Waals surface area contributed by atoms with E-state index in [1.807, 2.05) is 13.2 Å². The smallest absolute Gasteiger partial charge is 0.191 e. The van der Waals surface area contributed by atoms with Gasteiger partial charge in [0.25, 0.3) is 0 Å². The minimum absolute atomic E-state index is 0.730. The highest BCUT2D eigenvalue weighted by Crippen LogP contribution is 2.25. The number of anilines is 1. The van der Waals surface area contributed by atoms with Gasteiger partial charge in [-0.1, -0.05) is 18.9 Å². The number of rotatable bonds is 5. The molecule has 1 unspecified atom stereocenters. The lowest BCUT2D eigenvalue weighted by Gasteiger charge is -2.21. The summed E-state index contributed by atoms with van der Waals surface area (Å²) in [5.41, 5.74) is 1.19. The Morgan fingerprint density at radius 3 is 2.68 bits per heavy atom. The number of nitrogens with one attached hydrogen (secondary N) is 2. The van der Waals surface area contributed by atoms with E-state index in [4.69, 9.17) is 0 Å². The molecule has 1 atom stereocenters. The molecule has 0 amide bonds. The van der Waals surface area contributed by atoms with Crippen LogP contribution in [-0.4, -0.2) is 48.6 Å². The maximum absolute atomic E-state index is 4.68. The number of aromatic nitrogens is 1. The second-order valence-electron chi connectivity index (χ2n) is 6.87. The van der Waals surface area contributed by atoms with Crippen LogP contribution in [0.5, 0.6) is 0 Å². The van der Waals surface area contributed by atoms with E-state index < -0.39 is 0 Å². The van der Waals surface area contributed by atoms with Gasteiger partial charge in [0.2, 0.25) is 0 Å². The van der Waals surface area contributed by atoms with Crippen molar-refractivity contribution in [2.24, 2.45) is 4.99 Å². The van der Waals surface area contributed by atoms with Gasteiger partial charge in [-0.25, -0.2) is 4.98 Å². The van der Waals surface area contributed by atoms with E-state index in [2.05, 4.69) is 49.4 Å². The third-order valence-corrected chi connectivity index (χ3v) is 6.34. The predicted octanol–water partition coefficient (Wildman–Crippen LogP) is 3.02. The highest BCUT2D eigenvalue weighted by atomic mass is 32.2. The zero-order valence-electron chi connectivity index (χ0n) is 15.3. The van der Waals surface area contributed by atoms with Crippen molar-refractivity contribution >= 4 is 23.5 Å². The maximum atomic E-state index is 4.68. The van der Waals surface area contributed by atoms with Crippen molar-refractivity contribution < 1.29 is 0 Å². The fourth-order valence-corrected chi connectivity index (χ4v) is 4.63. The van der Waals surface area contributed by atoms with Crippen molar-refractivity contribution in [3.63, 3.8) is 0 Å². The van der Waals surface area contributed by atoms with Gasteiger partial charge in [0.05, 0.1) is 0 Å². The van der Waals surface area contributed by atoms with Gasteiger partial charge in [-0.3, -0.25) is 4.99 Å². The van der Waals surface area contributed by atoms with E-state index in [9.17, 15) is 0 Å². The Labute approximate surface area is 156 Å². The summed E-state index contributed by atoms with van der Waals surface area (Å²) in [6, 6.07) is 4.34. The van der Waals surface area contributed by atoms with Crippen molar-refractivity contribution in [2.75, 3.05) is 37.3 Å². The van der Waals surface area contributed by atoms with Gasteiger partial charge in [0.1, 0.15) is 5.82 Å². The Morgan fingerprint density at radius 2 is 2.04 bits per heavy atom. The number of nitrogens with zero attached hydrogens (tertiary/aromatic N) is 3. The predicted molar refractivity (Wildman–Crippen MR) is 109 cm³/mol. The topological polar surface area (TPSA) is 52.6 Å². The fourth-order valence-electron chi connectivity index (χ4n) is 3.43. The molecule has 0 bridgehead atoms. The van der Waals surface area contributed by atoms with Gasteiger partial charge in [-0.05, 0) is 43.1 Å². The third kappa shape index (κ3) is 5.80. The Morgan fingerprint density at radius 1 is 1.20 bits per heavy atom. The zero-order chi connectivity index (χ0) is 17.3. The first-order chi connectivity index (χ1) is 12.3. The molecule has 2 fully saturated rings. The van der Waals surface area contributed by atoms with E-state index in [0.29, 0.717) is 0 Å². The molecular weight excluding hydrogens is 330 g/mol. The molecule has 1 aromatic heterocycles. The number of hydrogen-bond acceptors (Lipinski definition) is 4. The number of hydrogen-bond donors (Lipinski definition) is 2. The van der Waals surface area contributed by atoms with Crippen molar-refractivity contribution in [1.82, 2.24) is 15.6 Å². The maximum Gasteiger partial charge on any atom is 0.191 e. The largest absolute Gasteiger partial charge is 0.357 e. The molecular formula is C19H31N5S. The molecule has 0 aliphatic carbocycles. The minimum Gasteiger partial charge on any atom is -0.357 e. The number of aliphatic imine (C=N–C) groups is 1. The lowest BCUT2D eigenvalue weighted by Crippen LogP contribution is -2.39. The average Bonchev–Trinajstić information content (AvgIpc) is 3.03. The van der Waals surface area contributed by atoms with Crippen LogP contribution in [0.25, 0.3) is 0 Å². The van der Waals surface area contributed by atoms with Crippen LogP contribution in [0.4, 0.5) is 5.82 Å². The van der Waals surface area contributed by atoms with Crippen molar-refractivity contribution in [3.8, 4) is 0 Å². The molecule has 0 aromatic carbocycles. The molecule has 25 heavy (non-hydrogen) atoms. The monoisotopic (exact) mass is 361 g/mol. The van der Waals surface area contributed by atoms with Crippen LogP contribution >= 0.6 is 11.8 Å². The Kier molecular flexibility index (Phi) is 7.27. The molecule has 6 heteroatoms. The van der Waals surface area contributed by atoms with Gasteiger partial charge in [-0.2, -0.15) is 11.8 Å². The second kappa shape index (κ2) is 9.90. The Balaban J connectivity index is 1.45. The van der Waals surface area contributed by atoms with E-state index in [-0.39, 0.29) is 0 Å². The molecule has 0 radical (unpaired) electrons. The molecule has 0 spiro atoms. The third-order valence-electron chi connectivity index (χ3n) is 4.94. The van der Waals surface area contributed by atoms with Gasteiger partial charge in [0.15, 0.2) is 5.96 Å². The molecule has 3 heterocycles. The first-order valence-corrected chi connectivity index (χ1v) is 10.7. The summed E-state index contributed by atoms with van der Waals surface area (Å²) in [5.74, 6) is 3.29.